The lowest BCUT2D eigenvalue weighted by Gasteiger charge is -2.34. The molecule has 2 saturated heterocycles. The van der Waals surface area contributed by atoms with E-state index in [1.54, 1.807) is 35.6 Å². The number of imide groups is 1. The van der Waals surface area contributed by atoms with E-state index in [1.165, 1.54) is 16.7 Å². The highest BCUT2D eigenvalue weighted by atomic mass is 32.1. The van der Waals surface area contributed by atoms with Crippen LogP contribution in [0.5, 0.6) is 0 Å². The van der Waals surface area contributed by atoms with Crippen molar-refractivity contribution >= 4 is 45.0 Å². The average molecular weight is 450 g/mol. The summed E-state index contributed by atoms with van der Waals surface area (Å²) in [5, 5.41) is 1.16. The van der Waals surface area contributed by atoms with E-state index >= 15 is 0 Å². The van der Waals surface area contributed by atoms with Gasteiger partial charge in [0.2, 0.25) is 5.91 Å². The number of hydrogen-bond acceptors (Lipinski definition) is 7. The SMILES string of the molecule is COC(=O)c1ccc(N2C(=O)CC(N3CCC(c4nc5ccccc5s4)CC3)C2=O)cc1. The van der Waals surface area contributed by atoms with Gasteiger partial charge in [-0.15, -0.1) is 11.3 Å². The van der Waals surface area contributed by atoms with Crippen LogP contribution in [0.4, 0.5) is 5.69 Å². The minimum absolute atomic E-state index is 0.184. The molecule has 2 aliphatic rings. The molecule has 2 fully saturated rings. The Morgan fingerprint density at radius 3 is 2.47 bits per heavy atom. The van der Waals surface area contributed by atoms with Crippen molar-refractivity contribution in [1.82, 2.24) is 9.88 Å². The number of aromatic nitrogens is 1. The number of para-hydroxylation sites is 1. The Labute approximate surface area is 189 Å². The number of hydrogen-bond donors (Lipinski definition) is 0. The summed E-state index contributed by atoms with van der Waals surface area (Å²) in [6.45, 7) is 1.53. The van der Waals surface area contributed by atoms with Gasteiger partial charge in [-0.05, 0) is 62.3 Å². The molecule has 5 rings (SSSR count). The van der Waals surface area contributed by atoms with Gasteiger partial charge in [-0.2, -0.15) is 0 Å². The monoisotopic (exact) mass is 449 g/mol. The molecule has 0 spiro atoms. The number of nitrogens with zero attached hydrogens (tertiary/aromatic N) is 3. The van der Waals surface area contributed by atoms with E-state index in [1.807, 2.05) is 18.2 Å². The normalized spacial score (nSPS) is 20.3. The molecular weight excluding hydrogens is 426 g/mol. The van der Waals surface area contributed by atoms with E-state index in [-0.39, 0.29) is 18.2 Å². The first-order chi connectivity index (χ1) is 15.5. The molecule has 7 nitrogen and oxygen atoms in total. The van der Waals surface area contributed by atoms with Crippen molar-refractivity contribution in [2.24, 2.45) is 0 Å². The molecule has 2 aliphatic heterocycles. The largest absolute Gasteiger partial charge is 0.465 e. The number of carbonyl (C=O) groups excluding carboxylic acids is 3. The number of piperidine rings is 1. The van der Waals surface area contributed by atoms with Gasteiger partial charge < -0.3 is 4.74 Å². The number of esters is 1. The molecule has 1 atom stereocenters. The molecule has 0 aliphatic carbocycles. The van der Waals surface area contributed by atoms with Gasteiger partial charge in [-0.25, -0.2) is 14.7 Å². The maximum atomic E-state index is 13.1. The van der Waals surface area contributed by atoms with Gasteiger partial charge in [-0.1, -0.05) is 12.1 Å². The standard InChI is InChI=1S/C24H23N3O4S/c1-31-24(30)16-6-8-17(9-7-16)27-21(28)14-19(23(27)29)26-12-10-15(11-13-26)22-25-18-4-2-3-5-20(18)32-22/h2-9,15,19H,10-14H2,1H3. The first-order valence-corrected chi connectivity index (χ1v) is 11.5. The van der Waals surface area contributed by atoms with E-state index in [0.29, 0.717) is 17.2 Å². The van der Waals surface area contributed by atoms with E-state index in [0.717, 1.165) is 36.5 Å². The Balaban J connectivity index is 1.26. The third-order valence-electron chi connectivity index (χ3n) is 6.30. The van der Waals surface area contributed by atoms with Crippen LogP contribution < -0.4 is 4.90 Å². The minimum atomic E-state index is -0.454. The van der Waals surface area contributed by atoms with E-state index in [9.17, 15) is 14.4 Å². The van der Waals surface area contributed by atoms with Crippen LogP contribution in [-0.4, -0.2) is 53.9 Å². The number of ether oxygens (including phenoxy) is 1. The van der Waals surface area contributed by atoms with Crippen LogP contribution in [0.1, 0.15) is 40.5 Å². The Morgan fingerprint density at radius 2 is 1.78 bits per heavy atom. The third kappa shape index (κ3) is 3.69. The summed E-state index contributed by atoms with van der Waals surface area (Å²) < 4.78 is 5.91. The number of benzene rings is 2. The second kappa shape index (κ2) is 8.44. The Kier molecular flexibility index (Phi) is 5.48. The van der Waals surface area contributed by atoms with Gasteiger partial charge in [0.15, 0.2) is 0 Å². The predicted octanol–water partition coefficient (Wildman–Crippen LogP) is 3.59. The zero-order valence-corrected chi connectivity index (χ0v) is 18.5. The van der Waals surface area contributed by atoms with E-state index in [4.69, 9.17) is 9.72 Å². The van der Waals surface area contributed by atoms with Crippen molar-refractivity contribution < 1.29 is 19.1 Å². The van der Waals surface area contributed by atoms with Crippen LogP contribution in [0.15, 0.2) is 48.5 Å². The van der Waals surface area contributed by atoms with Crippen molar-refractivity contribution in [2.75, 3.05) is 25.1 Å². The fourth-order valence-corrected chi connectivity index (χ4v) is 5.70. The molecule has 32 heavy (non-hydrogen) atoms. The fourth-order valence-electron chi connectivity index (χ4n) is 4.56. The summed E-state index contributed by atoms with van der Waals surface area (Å²) >= 11 is 1.75. The molecule has 164 valence electrons. The Bertz CT molecular complexity index is 1150. The number of thiazole rings is 1. The van der Waals surface area contributed by atoms with Crippen LogP contribution in [0.2, 0.25) is 0 Å². The van der Waals surface area contributed by atoms with Crippen molar-refractivity contribution in [3.63, 3.8) is 0 Å². The van der Waals surface area contributed by atoms with E-state index in [2.05, 4.69) is 11.0 Å². The lowest BCUT2D eigenvalue weighted by Crippen LogP contribution is -2.45. The van der Waals surface area contributed by atoms with Crippen LogP contribution in [0.3, 0.4) is 0 Å². The molecule has 2 amide bonds. The lowest BCUT2D eigenvalue weighted by molar-refractivity contribution is -0.123. The minimum Gasteiger partial charge on any atom is -0.465 e. The Morgan fingerprint density at radius 1 is 1.06 bits per heavy atom. The first kappa shape index (κ1) is 20.8. The molecule has 0 radical (unpaired) electrons. The van der Waals surface area contributed by atoms with Gasteiger partial charge in [0, 0.05) is 5.92 Å². The topological polar surface area (TPSA) is 79.8 Å². The number of fused-ring (bicyclic) bond motifs is 1. The second-order valence-corrected chi connectivity index (χ2v) is 9.22. The zero-order valence-electron chi connectivity index (χ0n) is 17.7. The zero-order chi connectivity index (χ0) is 22.2. The highest BCUT2D eigenvalue weighted by Gasteiger charge is 2.43. The number of likely N-dealkylation sites (tertiary alicyclic amines) is 1. The second-order valence-electron chi connectivity index (χ2n) is 8.16. The number of carbonyl (C=O) groups is 3. The van der Waals surface area contributed by atoms with Gasteiger partial charge in [0.1, 0.15) is 0 Å². The molecule has 2 aromatic carbocycles. The molecule has 8 heteroatoms. The maximum absolute atomic E-state index is 13.1. The van der Waals surface area contributed by atoms with Gasteiger partial charge >= 0.3 is 5.97 Å². The molecular formula is C24H23N3O4S. The summed E-state index contributed by atoms with van der Waals surface area (Å²) in [4.78, 5) is 45.6. The van der Waals surface area contributed by atoms with E-state index < -0.39 is 12.0 Å². The average Bonchev–Trinajstić information content (AvgIpc) is 3.39. The van der Waals surface area contributed by atoms with Crippen molar-refractivity contribution in [2.45, 2.75) is 31.2 Å². The predicted molar refractivity (Wildman–Crippen MR) is 122 cm³/mol. The van der Waals surface area contributed by atoms with Gasteiger partial charge in [0.05, 0.1) is 46.0 Å². The molecule has 1 unspecified atom stereocenters. The van der Waals surface area contributed by atoms with Gasteiger partial charge in [-0.3, -0.25) is 14.5 Å². The summed E-state index contributed by atoms with van der Waals surface area (Å²) in [5.74, 6) is -0.472. The van der Waals surface area contributed by atoms with Crippen LogP contribution in [0, 0.1) is 0 Å². The Hall–Kier alpha value is -3.10. The number of amides is 2. The van der Waals surface area contributed by atoms with Crippen LogP contribution in [0.25, 0.3) is 10.2 Å². The van der Waals surface area contributed by atoms with Crippen LogP contribution >= 0.6 is 11.3 Å². The molecule has 3 heterocycles. The van der Waals surface area contributed by atoms with Crippen LogP contribution in [-0.2, 0) is 14.3 Å². The molecule has 3 aromatic rings. The summed E-state index contributed by atoms with van der Waals surface area (Å²) in [6, 6.07) is 14.1. The molecule has 0 N–H and O–H groups in total. The highest BCUT2D eigenvalue weighted by Crippen LogP contribution is 2.35. The fraction of sp³-hybridized carbons (Fsp3) is 0.333. The first-order valence-electron chi connectivity index (χ1n) is 10.7. The van der Waals surface area contributed by atoms with Crippen molar-refractivity contribution in [3.05, 3.63) is 59.1 Å². The summed E-state index contributed by atoms with van der Waals surface area (Å²) in [6.07, 6.45) is 2.03. The van der Waals surface area contributed by atoms with Gasteiger partial charge in [0.25, 0.3) is 5.91 Å². The summed E-state index contributed by atoms with van der Waals surface area (Å²) in [7, 11) is 1.31. The van der Waals surface area contributed by atoms with Crippen molar-refractivity contribution in [1.29, 1.82) is 0 Å². The van der Waals surface area contributed by atoms with Crippen molar-refractivity contribution in [3.8, 4) is 0 Å². The smallest absolute Gasteiger partial charge is 0.337 e. The number of rotatable bonds is 4. The molecule has 0 saturated carbocycles. The lowest BCUT2D eigenvalue weighted by atomic mass is 9.96. The summed E-state index contributed by atoms with van der Waals surface area (Å²) in [5.41, 5.74) is 1.91. The third-order valence-corrected chi connectivity index (χ3v) is 7.50. The number of anilines is 1. The number of methoxy groups -OCH3 is 1. The molecule has 0 bridgehead atoms. The highest BCUT2D eigenvalue weighted by molar-refractivity contribution is 7.18. The molecule has 1 aromatic heterocycles. The maximum Gasteiger partial charge on any atom is 0.337 e. The quantitative estimate of drug-likeness (QED) is 0.447.